The molecule has 2 rings (SSSR count). The van der Waals surface area contributed by atoms with Crippen molar-refractivity contribution in [2.75, 3.05) is 0 Å². The molecule has 2 aromatic rings. The lowest BCUT2D eigenvalue weighted by atomic mass is 10.1. The molecule has 0 aliphatic heterocycles. The third-order valence-electron chi connectivity index (χ3n) is 2.54. The number of aromatic nitrogens is 3. The van der Waals surface area contributed by atoms with Crippen molar-refractivity contribution in [3.8, 4) is 0 Å². The Morgan fingerprint density at radius 2 is 1.89 bits per heavy atom. The highest BCUT2D eigenvalue weighted by Gasteiger charge is 2.11. The molecule has 4 N–H and O–H groups in total. The van der Waals surface area contributed by atoms with Gasteiger partial charge in [-0.05, 0) is 11.1 Å². The number of nitrogens with zero attached hydrogens (tertiary/aromatic N) is 2. The van der Waals surface area contributed by atoms with E-state index in [4.69, 9.17) is 5.73 Å². The molecule has 1 aromatic carbocycles. The van der Waals surface area contributed by atoms with Crippen molar-refractivity contribution in [2.45, 2.75) is 18.8 Å². The minimum atomic E-state index is -3.40. The molecule has 19 heavy (non-hydrogen) atoms. The van der Waals surface area contributed by atoms with Crippen LogP contribution >= 0.6 is 0 Å². The molecule has 1 aromatic heterocycles. The number of rotatable bonds is 6. The minimum Gasteiger partial charge on any atom is -0.326 e. The van der Waals surface area contributed by atoms with Gasteiger partial charge in [0.1, 0.15) is 12.2 Å². The molecule has 0 spiro atoms. The van der Waals surface area contributed by atoms with Crippen molar-refractivity contribution in [1.29, 1.82) is 0 Å². The molecule has 0 atom stereocenters. The van der Waals surface area contributed by atoms with Crippen LogP contribution in [0.3, 0.4) is 0 Å². The molecule has 102 valence electrons. The first-order chi connectivity index (χ1) is 9.09. The summed E-state index contributed by atoms with van der Waals surface area (Å²) >= 11 is 0. The lowest BCUT2D eigenvalue weighted by Gasteiger charge is -2.06. The summed E-state index contributed by atoms with van der Waals surface area (Å²) in [6.07, 6.45) is 1.33. The summed E-state index contributed by atoms with van der Waals surface area (Å²) in [5, 5.41) is 6.23. The molecular weight excluding hydrogens is 266 g/mol. The highest BCUT2D eigenvalue weighted by atomic mass is 32.2. The number of hydrogen-bond acceptors (Lipinski definition) is 5. The molecule has 0 radical (unpaired) electrons. The Bertz CT molecular complexity index is 607. The third kappa shape index (κ3) is 4.12. The van der Waals surface area contributed by atoms with Gasteiger partial charge in [0.05, 0.1) is 12.3 Å². The maximum atomic E-state index is 11.9. The maximum absolute atomic E-state index is 11.9. The van der Waals surface area contributed by atoms with E-state index in [-0.39, 0.29) is 12.3 Å². The molecular formula is C11H15N5O2S. The fourth-order valence-corrected chi connectivity index (χ4v) is 2.63. The predicted octanol–water partition coefficient (Wildman–Crippen LogP) is -0.117. The van der Waals surface area contributed by atoms with Crippen molar-refractivity contribution >= 4 is 10.0 Å². The second-order valence-corrected chi connectivity index (χ2v) is 5.84. The minimum absolute atomic E-state index is 0.0774. The number of benzene rings is 1. The molecule has 0 unspecified atom stereocenters. The summed E-state index contributed by atoms with van der Waals surface area (Å²) < 4.78 is 26.2. The number of nitrogens with two attached hydrogens (primary N) is 1. The summed E-state index contributed by atoms with van der Waals surface area (Å²) in [5.74, 6) is 0.397. The first kappa shape index (κ1) is 13.7. The normalized spacial score (nSPS) is 11.6. The van der Waals surface area contributed by atoms with Gasteiger partial charge in [0.25, 0.3) is 0 Å². The molecule has 0 saturated heterocycles. The van der Waals surface area contributed by atoms with Gasteiger partial charge in [0, 0.05) is 6.54 Å². The number of sulfonamides is 1. The van der Waals surface area contributed by atoms with E-state index in [0.717, 1.165) is 5.56 Å². The summed E-state index contributed by atoms with van der Waals surface area (Å²) in [6, 6.07) is 7.16. The average molecular weight is 281 g/mol. The number of aromatic amines is 1. The quantitative estimate of drug-likeness (QED) is 0.683. The highest BCUT2D eigenvalue weighted by molar-refractivity contribution is 7.88. The van der Waals surface area contributed by atoms with E-state index in [9.17, 15) is 8.42 Å². The van der Waals surface area contributed by atoms with E-state index in [2.05, 4.69) is 19.9 Å². The number of nitrogens with one attached hydrogen (secondary N) is 2. The molecule has 0 saturated carbocycles. The molecule has 7 nitrogen and oxygen atoms in total. The fraction of sp³-hybridized carbons (Fsp3) is 0.273. The van der Waals surface area contributed by atoms with Crippen LogP contribution in [0.15, 0.2) is 30.6 Å². The molecule has 8 heteroatoms. The maximum Gasteiger partial charge on any atom is 0.216 e. The van der Waals surface area contributed by atoms with E-state index in [0.29, 0.717) is 17.9 Å². The van der Waals surface area contributed by atoms with Gasteiger partial charge in [0.15, 0.2) is 0 Å². The third-order valence-corrected chi connectivity index (χ3v) is 3.84. The molecule has 0 bridgehead atoms. The lowest BCUT2D eigenvalue weighted by Crippen LogP contribution is -2.25. The second kappa shape index (κ2) is 5.91. The van der Waals surface area contributed by atoms with Gasteiger partial charge in [-0.25, -0.2) is 18.1 Å². The van der Waals surface area contributed by atoms with Crippen LogP contribution in [-0.2, 0) is 28.9 Å². The smallest absolute Gasteiger partial charge is 0.216 e. The topological polar surface area (TPSA) is 114 Å². The van der Waals surface area contributed by atoms with Crippen molar-refractivity contribution in [3.63, 3.8) is 0 Å². The van der Waals surface area contributed by atoms with E-state index >= 15 is 0 Å². The van der Waals surface area contributed by atoms with Crippen LogP contribution in [0, 0.1) is 0 Å². The highest BCUT2D eigenvalue weighted by Crippen LogP contribution is 2.07. The zero-order valence-corrected chi connectivity index (χ0v) is 11.0. The van der Waals surface area contributed by atoms with Crippen LogP contribution in [0.5, 0.6) is 0 Å². The lowest BCUT2D eigenvalue weighted by molar-refractivity contribution is 0.578. The molecule has 1 heterocycles. The van der Waals surface area contributed by atoms with Crippen molar-refractivity contribution < 1.29 is 8.42 Å². The monoisotopic (exact) mass is 281 g/mol. The largest absolute Gasteiger partial charge is 0.326 e. The SMILES string of the molecule is NCc1ccc(CS(=O)(=O)NCc2ncn[nH]2)cc1. The Balaban J connectivity index is 1.96. The first-order valence-electron chi connectivity index (χ1n) is 5.68. The van der Waals surface area contributed by atoms with Gasteiger partial charge in [-0.2, -0.15) is 5.10 Å². The van der Waals surface area contributed by atoms with Gasteiger partial charge in [0.2, 0.25) is 10.0 Å². The molecule has 0 amide bonds. The van der Waals surface area contributed by atoms with E-state index in [1.54, 1.807) is 12.1 Å². The van der Waals surface area contributed by atoms with Gasteiger partial charge >= 0.3 is 0 Å². The van der Waals surface area contributed by atoms with Crippen LogP contribution in [0.25, 0.3) is 0 Å². The predicted molar refractivity (Wildman–Crippen MR) is 70.2 cm³/mol. The Morgan fingerprint density at radius 3 is 2.47 bits per heavy atom. The molecule has 0 aliphatic rings. The van der Waals surface area contributed by atoms with Crippen LogP contribution in [0.4, 0.5) is 0 Å². The summed E-state index contributed by atoms with van der Waals surface area (Å²) in [5.41, 5.74) is 7.16. The summed E-state index contributed by atoms with van der Waals surface area (Å²) in [6.45, 7) is 0.542. The fourth-order valence-electron chi connectivity index (χ4n) is 1.54. The Kier molecular flexibility index (Phi) is 4.25. The van der Waals surface area contributed by atoms with Crippen LogP contribution in [0.2, 0.25) is 0 Å². The Morgan fingerprint density at radius 1 is 1.21 bits per heavy atom. The van der Waals surface area contributed by atoms with E-state index < -0.39 is 10.0 Å². The van der Waals surface area contributed by atoms with Gasteiger partial charge < -0.3 is 5.73 Å². The zero-order valence-electron chi connectivity index (χ0n) is 10.2. The van der Waals surface area contributed by atoms with Crippen molar-refractivity contribution in [1.82, 2.24) is 19.9 Å². The van der Waals surface area contributed by atoms with E-state index in [1.165, 1.54) is 6.33 Å². The first-order valence-corrected chi connectivity index (χ1v) is 7.34. The van der Waals surface area contributed by atoms with Gasteiger partial charge in [-0.1, -0.05) is 24.3 Å². The van der Waals surface area contributed by atoms with Crippen molar-refractivity contribution in [2.24, 2.45) is 5.73 Å². The van der Waals surface area contributed by atoms with E-state index in [1.807, 2.05) is 12.1 Å². The average Bonchev–Trinajstić information content (AvgIpc) is 2.90. The number of H-pyrrole nitrogens is 1. The standard InChI is InChI=1S/C11H15N5O2S/c12-5-9-1-3-10(4-2-9)7-19(17,18)15-6-11-13-8-14-16-11/h1-4,8,15H,5-7,12H2,(H,13,14,16). The van der Waals surface area contributed by atoms with Gasteiger partial charge in [-0.3, -0.25) is 5.10 Å². The Hall–Kier alpha value is -1.77. The van der Waals surface area contributed by atoms with Crippen LogP contribution < -0.4 is 10.5 Å². The zero-order chi connectivity index (χ0) is 13.7. The molecule has 0 aliphatic carbocycles. The van der Waals surface area contributed by atoms with Crippen LogP contribution in [-0.4, -0.2) is 23.6 Å². The second-order valence-electron chi connectivity index (χ2n) is 4.03. The molecule has 0 fully saturated rings. The summed E-state index contributed by atoms with van der Waals surface area (Å²) in [4.78, 5) is 3.84. The summed E-state index contributed by atoms with van der Waals surface area (Å²) in [7, 11) is -3.40. The van der Waals surface area contributed by atoms with Crippen molar-refractivity contribution in [3.05, 3.63) is 47.5 Å². The van der Waals surface area contributed by atoms with Gasteiger partial charge in [-0.15, -0.1) is 0 Å². The van der Waals surface area contributed by atoms with Crippen LogP contribution in [0.1, 0.15) is 17.0 Å². The number of hydrogen-bond donors (Lipinski definition) is 3. The Labute approximate surface area is 111 Å².